The van der Waals surface area contributed by atoms with E-state index in [1.165, 1.54) is 32.1 Å². The summed E-state index contributed by atoms with van der Waals surface area (Å²) in [5.41, 5.74) is 0. The van der Waals surface area contributed by atoms with Gasteiger partial charge in [-0.2, -0.15) is 0 Å². The van der Waals surface area contributed by atoms with Crippen molar-refractivity contribution in [1.82, 2.24) is 0 Å². The summed E-state index contributed by atoms with van der Waals surface area (Å²) in [6.45, 7) is 9.14. The molecule has 1 saturated carbocycles. The van der Waals surface area contributed by atoms with Crippen LogP contribution >= 0.6 is 0 Å². The Hall–Kier alpha value is -0.0800. The Morgan fingerprint density at radius 1 is 0.889 bits per heavy atom. The molecule has 18 heavy (non-hydrogen) atoms. The number of hydrogen-bond donors (Lipinski definition) is 0. The lowest BCUT2D eigenvalue weighted by atomic mass is 9.89. The van der Waals surface area contributed by atoms with Crippen LogP contribution in [0.1, 0.15) is 72.6 Å². The van der Waals surface area contributed by atoms with E-state index in [9.17, 15) is 0 Å². The van der Waals surface area contributed by atoms with Crippen molar-refractivity contribution in [2.24, 2.45) is 11.8 Å². The van der Waals surface area contributed by atoms with E-state index in [0.29, 0.717) is 24.0 Å². The van der Waals surface area contributed by atoms with E-state index < -0.39 is 0 Å². The molecular formula is C16H30O2. The first-order valence-electron chi connectivity index (χ1n) is 7.97. The van der Waals surface area contributed by atoms with E-state index in [0.717, 1.165) is 12.8 Å². The van der Waals surface area contributed by atoms with Gasteiger partial charge in [-0.25, -0.2) is 0 Å². The van der Waals surface area contributed by atoms with Gasteiger partial charge in [0.25, 0.3) is 0 Å². The minimum atomic E-state index is -0.222. The van der Waals surface area contributed by atoms with Gasteiger partial charge in [0, 0.05) is 12.8 Å². The van der Waals surface area contributed by atoms with Crippen molar-refractivity contribution < 1.29 is 9.47 Å². The van der Waals surface area contributed by atoms with Crippen molar-refractivity contribution in [3.8, 4) is 0 Å². The molecule has 2 heteroatoms. The lowest BCUT2D eigenvalue weighted by Gasteiger charge is -2.32. The van der Waals surface area contributed by atoms with Crippen molar-refractivity contribution in [2.75, 3.05) is 0 Å². The number of hydrogen-bond acceptors (Lipinski definition) is 2. The molecule has 0 radical (unpaired) electrons. The van der Waals surface area contributed by atoms with Gasteiger partial charge in [-0.05, 0) is 24.7 Å². The fraction of sp³-hybridized carbons (Fsp3) is 1.00. The third-order valence-electron chi connectivity index (χ3n) is 5.05. The van der Waals surface area contributed by atoms with Gasteiger partial charge in [0.2, 0.25) is 0 Å². The van der Waals surface area contributed by atoms with Crippen LogP contribution in [0.3, 0.4) is 0 Å². The van der Waals surface area contributed by atoms with E-state index in [1.54, 1.807) is 0 Å². The van der Waals surface area contributed by atoms with Gasteiger partial charge in [0.05, 0.1) is 12.2 Å². The normalized spacial score (nSPS) is 34.7. The molecule has 1 aliphatic carbocycles. The first-order valence-corrected chi connectivity index (χ1v) is 7.97. The molecule has 0 aromatic carbocycles. The number of ether oxygens (including phenoxy) is 2. The fourth-order valence-corrected chi connectivity index (χ4v) is 3.33. The van der Waals surface area contributed by atoms with Crippen molar-refractivity contribution in [2.45, 2.75) is 90.6 Å². The maximum absolute atomic E-state index is 6.46. The largest absolute Gasteiger partial charge is 0.344 e. The molecule has 4 atom stereocenters. The predicted octanol–water partition coefficient (Wildman–Crippen LogP) is 4.52. The van der Waals surface area contributed by atoms with Gasteiger partial charge >= 0.3 is 0 Å². The third kappa shape index (κ3) is 2.75. The van der Waals surface area contributed by atoms with Crippen LogP contribution in [0.5, 0.6) is 0 Å². The lowest BCUT2D eigenvalue weighted by Crippen LogP contribution is -2.34. The lowest BCUT2D eigenvalue weighted by molar-refractivity contribution is -0.199. The minimum Gasteiger partial charge on any atom is -0.344 e. The summed E-state index contributed by atoms with van der Waals surface area (Å²) in [4.78, 5) is 0. The second kappa shape index (κ2) is 5.92. The first kappa shape index (κ1) is 14.3. The molecule has 106 valence electrons. The predicted molar refractivity (Wildman–Crippen MR) is 74.5 cm³/mol. The molecule has 1 saturated heterocycles. The second-order valence-electron chi connectivity index (χ2n) is 6.41. The Morgan fingerprint density at radius 2 is 1.33 bits per heavy atom. The van der Waals surface area contributed by atoms with E-state index in [1.807, 2.05) is 0 Å². The van der Waals surface area contributed by atoms with Crippen LogP contribution in [0, 0.1) is 11.8 Å². The first-order chi connectivity index (χ1) is 8.62. The average Bonchev–Trinajstić information content (AvgIpc) is 2.77. The van der Waals surface area contributed by atoms with Crippen molar-refractivity contribution in [3.63, 3.8) is 0 Å². The summed E-state index contributed by atoms with van der Waals surface area (Å²) < 4.78 is 12.9. The summed E-state index contributed by atoms with van der Waals surface area (Å²) in [6.07, 6.45) is 9.05. The van der Waals surface area contributed by atoms with E-state index >= 15 is 0 Å². The number of rotatable bonds is 4. The molecule has 2 unspecified atom stereocenters. The Labute approximate surface area is 112 Å². The summed E-state index contributed by atoms with van der Waals surface area (Å²) in [5, 5.41) is 0. The topological polar surface area (TPSA) is 18.5 Å². The molecule has 0 aromatic heterocycles. The minimum absolute atomic E-state index is 0.222. The highest BCUT2D eigenvalue weighted by Crippen LogP contribution is 2.44. The molecule has 0 bridgehead atoms. The van der Waals surface area contributed by atoms with Crippen LogP contribution < -0.4 is 0 Å². The van der Waals surface area contributed by atoms with Gasteiger partial charge in [0.1, 0.15) is 0 Å². The smallest absolute Gasteiger partial charge is 0.169 e. The van der Waals surface area contributed by atoms with Gasteiger partial charge in [-0.3, -0.25) is 0 Å². The van der Waals surface area contributed by atoms with Gasteiger partial charge in [0.15, 0.2) is 5.79 Å². The Morgan fingerprint density at radius 3 is 1.72 bits per heavy atom. The molecule has 0 amide bonds. The van der Waals surface area contributed by atoms with Gasteiger partial charge < -0.3 is 9.47 Å². The van der Waals surface area contributed by atoms with E-state index in [2.05, 4.69) is 27.7 Å². The highest BCUT2D eigenvalue weighted by Gasteiger charge is 2.50. The van der Waals surface area contributed by atoms with Gasteiger partial charge in [-0.1, -0.05) is 47.0 Å². The van der Waals surface area contributed by atoms with Crippen LogP contribution in [0.4, 0.5) is 0 Å². The standard InChI is InChI=1S/C16H30O2/c1-5-12(3)14-15(13(4)6-2)18-16(17-14)10-8-7-9-11-16/h12-15H,5-11H2,1-4H3/t12?,13?,14-,15+. The molecule has 1 spiro atoms. The zero-order chi connectivity index (χ0) is 13.2. The molecule has 2 fully saturated rings. The third-order valence-corrected chi connectivity index (χ3v) is 5.05. The zero-order valence-corrected chi connectivity index (χ0v) is 12.6. The van der Waals surface area contributed by atoms with Crippen molar-refractivity contribution in [1.29, 1.82) is 0 Å². The average molecular weight is 254 g/mol. The molecule has 2 rings (SSSR count). The SMILES string of the molecule is CCC(C)[C@H]1OC2(CCCCC2)O[C@H]1C(C)CC. The zero-order valence-electron chi connectivity index (χ0n) is 12.6. The molecule has 0 aromatic rings. The van der Waals surface area contributed by atoms with Crippen LogP contribution in [0.2, 0.25) is 0 Å². The fourth-order valence-electron chi connectivity index (χ4n) is 3.33. The maximum atomic E-state index is 6.46. The molecule has 0 N–H and O–H groups in total. The van der Waals surface area contributed by atoms with Crippen LogP contribution in [0.15, 0.2) is 0 Å². The van der Waals surface area contributed by atoms with Crippen molar-refractivity contribution >= 4 is 0 Å². The Balaban J connectivity index is 2.11. The molecule has 1 aliphatic heterocycles. The highest BCUT2D eigenvalue weighted by molar-refractivity contribution is 4.91. The van der Waals surface area contributed by atoms with E-state index in [-0.39, 0.29) is 5.79 Å². The van der Waals surface area contributed by atoms with Crippen LogP contribution in [0.25, 0.3) is 0 Å². The summed E-state index contributed by atoms with van der Waals surface area (Å²) in [6, 6.07) is 0. The Bertz CT molecular complexity index is 238. The van der Waals surface area contributed by atoms with Crippen molar-refractivity contribution in [3.05, 3.63) is 0 Å². The molecule has 1 heterocycles. The summed E-state index contributed by atoms with van der Waals surface area (Å²) in [5.74, 6) is 0.982. The summed E-state index contributed by atoms with van der Waals surface area (Å²) in [7, 11) is 0. The molecule has 2 aliphatic rings. The maximum Gasteiger partial charge on any atom is 0.169 e. The van der Waals surface area contributed by atoms with Crippen LogP contribution in [-0.2, 0) is 9.47 Å². The molecule has 2 nitrogen and oxygen atoms in total. The van der Waals surface area contributed by atoms with Crippen LogP contribution in [-0.4, -0.2) is 18.0 Å². The molecular weight excluding hydrogens is 224 g/mol. The quantitative estimate of drug-likeness (QED) is 0.734. The monoisotopic (exact) mass is 254 g/mol. The second-order valence-corrected chi connectivity index (χ2v) is 6.41. The van der Waals surface area contributed by atoms with E-state index in [4.69, 9.17) is 9.47 Å². The van der Waals surface area contributed by atoms with Gasteiger partial charge in [-0.15, -0.1) is 0 Å². The Kier molecular flexibility index (Phi) is 4.71. The summed E-state index contributed by atoms with van der Waals surface area (Å²) >= 11 is 0. The highest BCUT2D eigenvalue weighted by atomic mass is 16.8.